The van der Waals surface area contributed by atoms with Gasteiger partial charge in [-0.25, -0.2) is 4.79 Å². The summed E-state index contributed by atoms with van der Waals surface area (Å²) in [7, 11) is 0. The van der Waals surface area contributed by atoms with Crippen LogP contribution >= 0.6 is 11.6 Å². The Morgan fingerprint density at radius 1 is 1.07 bits per heavy atom. The number of rotatable bonds is 8. The summed E-state index contributed by atoms with van der Waals surface area (Å²) in [6.07, 6.45) is -6.24. The molecule has 1 saturated heterocycles. The van der Waals surface area contributed by atoms with Crippen molar-refractivity contribution in [3.63, 3.8) is 0 Å². The number of aryl methyl sites for hydroxylation is 1. The number of carbonyl (C=O) groups is 1. The zero-order chi connectivity index (χ0) is 31.6. The zero-order valence-corrected chi connectivity index (χ0v) is 24.5. The van der Waals surface area contributed by atoms with Gasteiger partial charge in [0, 0.05) is 21.7 Å². The van der Waals surface area contributed by atoms with Crippen molar-refractivity contribution >= 4 is 28.7 Å². The molecule has 0 spiro atoms. The average molecular weight is 634 g/mol. The van der Waals surface area contributed by atoms with Crippen molar-refractivity contribution in [3.8, 4) is 34.1 Å². The van der Waals surface area contributed by atoms with Crippen molar-refractivity contribution in [1.29, 1.82) is 0 Å². The molecule has 1 N–H and O–H groups in total. The van der Waals surface area contributed by atoms with Crippen LogP contribution in [0.3, 0.4) is 0 Å². The van der Waals surface area contributed by atoms with Crippen LogP contribution in [0.1, 0.15) is 25.1 Å². The first kappa shape index (κ1) is 31.3. The van der Waals surface area contributed by atoms with Gasteiger partial charge in [0.05, 0.1) is 18.7 Å². The van der Waals surface area contributed by atoms with Gasteiger partial charge in [-0.3, -0.25) is 4.98 Å². The van der Waals surface area contributed by atoms with Crippen molar-refractivity contribution < 1.29 is 51.5 Å². The predicted molar refractivity (Wildman–Crippen MR) is 153 cm³/mol. The monoisotopic (exact) mass is 633 g/mol. The van der Waals surface area contributed by atoms with Crippen LogP contribution in [0.15, 0.2) is 60.7 Å². The molecule has 4 aromatic rings. The van der Waals surface area contributed by atoms with Gasteiger partial charge in [0.25, 0.3) is 0 Å². The van der Waals surface area contributed by atoms with Gasteiger partial charge < -0.3 is 33.5 Å². The Kier molecular flexibility index (Phi) is 8.89. The van der Waals surface area contributed by atoms with E-state index in [9.17, 15) is 23.1 Å². The van der Waals surface area contributed by atoms with Crippen LogP contribution in [0.5, 0.6) is 23.0 Å². The number of pyridine rings is 1. The Hall–Kier alpha value is -4.10. The van der Waals surface area contributed by atoms with Crippen LogP contribution in [0.2, 0.25) is 5.02 Å². The number of nitrogens with zero attached hydrogens (tertiary/aromatic N) is 1. The average Bonchev–Trinajstić information content (AvgIpc) is 3.31. The van der Waals surface area contributed by atoms with Gasteiger partial charge >= 0.3 is 12.5 Å². The Labute approximate surface area is 255 Å². The molecule has 1 aromatic heterocycles. The molecule has 232 valence electrons. The second-order valence-corrected chi connectivity index (χ2v) is 10.7. The number of fused-ring (bicyclic) bond motifs is 1. The first-order valence-corrected chi connectivity index (χ1v) is 13.7. The third-order valence-electron chi connectivity index (χ3n) is 6.53. The van der Waals surface area contributed by atoms with Gasteiger partial charge in [0.1, 0.15) is 30.0 Å². The molecule has 1 aliphatic heterocycles. The van der Waals surface area contributed by atoms with Crippen LogP contribution in [0.4, 0.5) is 18.0 Å². The van der Waals surface area contributed by atoms with Gasteiger partial charge in [-0.1, -0.05) is 23.7 Å². The van der Waals surface area contributed by atoms with E-state index in [4.69, 9.17) is 35.3 Å². The molecule has 44 heavy (non-hydrogen) atoms. The van der Waals surface area contributed by atoms with Crippen molar-refractivity contribution in [3.05, 3.63) is 76.9 Å². The van der Waals surface area contributed by atoms with Crippen LogP contribution in [-0.4, -0.2) is 47.7 Å². The maximum atomic E-state index is 12.9. The number of ether oxygens (including phenoxy) is 6. The second-order valence-electron chi connectivity index (χ2n) is 10.3. The lowest BCUT2D eigenvalue weighted by Crippen LogP contribution is -2.26. The maximum Gasteiger partial charge on any atom is 0.573 e. The molecular formula is C31H27ClF3NO8. The molecule has 9 nitrogen and oxygen atoms in total. The first-order chi connectivity index (χ1) is 20.8. The number of halogens is 4. The van der Waals surface area contributed by atoms with E-state index in [1.807, 2.05) is 0 Å². The van der Waals surface area contributed by atoms with E-state index in [-0.39, 0.29) is 42.1 Å². The van der Waals surface area contributed by atoms with Crippen LogP contribution in [-0.2, 0) is 20.8 Å². The molecule has 13 heteroatoms. The zero-order valence-electron chi connectivity index (χ0n) is 23.7. The van der Waals surface area contributed by atoms with Crippen LogP contribution < -0.4 is 14.2 Å². The fraction of sp³-hybridized carbons (Fsp3) is 0.290. The van der Waals surface area contributed by atoms with Gasteiger partial charge in [0.15, 0.2) is 11.5 Å². The third-order valence-corrected chi connectivity index (χ3v) is 6.88. The highest BCUT2D eigenvalue weighted by atomic mass is 35.5. The van der Waals surface area contributed by atoms with Gasteiger partial charge in [0.2, 0.25) is 0 Å². The maximum absolute atomic E-state index is 12.9. The number of hydrogen-bond donors (Lipinski definition) is 1. The molecule has 1 fully saturated rings. The van der Waals surface area contributed by atoms with E-state index in [1.165, 1.54) is 12.1 Å². The highest BCUT2D eigenvalue weighted by Gasteiger charge is 2.34. The number of aromatic nitrogens is 1. The highest BCUT2D eigenvalue weighted by Crippen LogP contribution is 2.41. The smallest absolute Gasteiger partial charge is 0.457 e. The largest absolute Gasteiger partial charge is 0.573 e. The SMILES string of the molecule is Cc1nc2cc(CO)c(Cl)cc2c(OC(=O)OCC2COC(C)(C)O2)c1-c1ccc(Oc2ccc(OC(F)(F)F)cc2)cc1. The van der Waals surface area contributed by atoms with Crippen LogP contribution in [0.25, 0.3) is 22.0 Å². The van der Waals surface area contributed by atoms with Crippen LogP contribution in [0, 0.1) is 6.92 Å². The third kappa shape index (κ3) is 7.51. The molecule has 0 saturated carbocycles. The second kappa shape index (κ2) is 12.5. The summed E-state index contributed by atoms with van der Waals surface area (Å²) in [5.74, 6) is -0.335. The van der Waals surface area contributed by atoms with Gasteiger partial charge in [-0.15, -0.1) is 13.2 Å². The van der Waals surface area contributed by atoms with Gasteiger partial charge in [-0.2, -0.15) is 0 Å². The lowest BCUT2D eigenvalue weighted by molar-refractivity contribution is -0.274. The summed E-state index contributed by atoms with van der Waals surface area (Å²) >= 11 is 6.39. The number of benzene rings is 3. The summed E-state index contributed by atoms with van der Waals surface area (Å²) in [6.45, 7) is 5.10. The molecule has 0 radical (unpaired) electrons. The Morgan fingerprint density at radius 3 is 2.30 bits per heavy atom. The highest BCUT2D eigenvalue weighted by molar-refractivity contribution is 6.32. The van der Waals surface area contributed by atoms with Crippen molar-refractivity contribution in [2.45, 2.75) is 45.6 Å². The Balaban J connectivity index is 1.42. The molecule has 2 heterocycles. The Morgan fingerprint density at radius 2 is 1.70 bits per heavy atom. The molecular weight excluding hydrogens is 607 g/mol. The molecule has 3 aromatic carbocycles. The molecule has 0 bridgehead atoms. The van der Waals surface area contributed by atoms with E-state index in [1.54, 1.807) is 57.2 Å². The molecule has 5 rings (SSSR count). The van der Waals surface area contributed by atoms with E-state index >= 15 is 0 Å². The quantitative estimate of drug-likeness (QED) is 0.195. The molecule has 1 unspecified atom stereocenters. The topological polar surface area (TPSA) is 106 Å². The fourth-order valence-electron chi connectivity index (χ4n) is 4.64. The normalized spacial score (nSPS) is 16.1. The molecule has 1 aliphatic rings. The van der Waals surface area contributed by atoms with Gasteiger partial charge in [-0.05, 0) is 80.4 Å². The minimum atomic E-state index is -4.80. The first-order valence-electron chi connectivity index (χ1n) is 13.3. The number of carbonyl (C=O) groups excluding carboxylic acids is 1. The van der Waals surface area contributed by atoms with E-state index < -0.39 is 24.4 Å². The number of aliphatic hydroxyl groups excluding tert-OH is 1. The summed E-state index contributed by atoms with van der Waals surface area (Å²) in [5, 5.41) is 10.4. The minimum absolute atomic E-state index is 0.0929. The van der Waals surface area contributed by atoms with E-state index in [0.29, 0.717) is 39.0 Å². The Bertz CT molecular complexity index is 1660. The molecule has 0 amide bonds. The summed E-state index contributed by atoms with van der Waals surface area (Å²) < 4.78 is 69.3. The predicted octanol–water partition coefficient (Wildman–Crippen LogP) is 7.71. The number of hydrogen-bond acceptors (Lipinski definition) is 9. The fourth-order valence-corrected chi connectivity index (χ4v) is 4.86. The van der Waals surface area contributed by atoms with Crippen molar-refractivity contribution in [2.24, 2.45) is 0 Å². The lowest BCUT2D eigenvalue weighted by Gasteiger charge is -2.18. The summed E-state index contributed by atoms with van der Waals surface area (Å²) in [4.78, 5) is 17.6. The summed E-state index contributed by atoms with van der Waals surface area (Å²) in [5.41, 5.74) is 2.49. The van der Waals surface area contributed by atoms with Crippen molar-refractivity contribution in [2.75, 3.05) is 13.2 Å². The summed E-state index contributed by atoms with van der Waals surface area (Å²) in [6, 6.07) is 14.8. The minimum Gasteiger partial charge on any atom is -0.457 e. The van der Waals surface area contributed by atoms with Crippen molar-refractivity contribution in [1.82, 2.24) is 4.98 Å². The van der Waals surface area contributed by atoms with E-state index in [2.05, 4.69) is 9.72 Å². The number of aliphatic hydroxyl groups is 1. The molecule has 1 atom stereocenters. The lowest BCUT2D eigenvalue weighted by atomic mass is 9.99. The number of alkyl halides is 3. The standard InChI is InChI=1S/C31H27ClF3NO8/c1-17-27(18-4-6-20(7-5-18)41-21-8-10-22(11-9-21)44-31(33,34)35)28(24-13-25(32)19(14-37)12-26(24)36-17)42-29(38)39-15-23-16-40-30(2,3)43-23/h4-13,23,37H,14-16H2,1-3H3. The molecule has 0 aliphatic carbocycles. The van der Waals surface area contributed by atoms with E-state index in [0.717, 1.165) is 12.1 Å².